The first-order valence-corrected chi connectivity index (χ1v) is 9.68. The van der Waals surface area contributed by atoms with Crippen LogP contribution in [0.2, 0.25) is 0 Å². The van der Waals surface area contributed by atoms with Gasteiger partial charge in [0.15, 0.2) is 0 Å². The summed E-state index contributed by atoms with van der Waals surface area (Å²) in [5.41, 5.74) is 2.27. The maximum atomic E-state index is 11.6. The van der Waals surface area contributed by atoms with Crippen LogP contribution in [0.15, 0.2) is 53.5 Å². The van der Waals surface area contributed by atoms with E-state index in [2.05, 4.69) is 22.2 Å². The molecule has 2 atom stereocenters. The van der Waals surface area contributed by atoms with Crippen molar-refractivity contribution in [1.29, 1.82) is 0 Å². The molecule has 8 heteroatoms. The van der Waals surface area contributed by atoms with Gasteiger partial charge in [-0.05, 0) is 13.8 Å². The second-order valence-electron chi connectivity index (χ2n) is 6.80. The van der Waals surface area contributed by atoms with Gasteiger partial charge in [0.1, 0.15) is 6.04 Å². The molecule has 0 bridgehead atoms. The third kappa shape index (κ3) is 6.88. The fourth-order valence-electron chi connectivity index (χ4n) is 2.89. The third-order valence-electron chi connectivity index (χ3n) is 4.62. The van der Waals surface area contributed by atoms with E-state index in [1.54, 1.807) is 24.2 Å². The first-order valence-electron chi connectivity index (χ1n) is 9.68. The molecular weight excluding hydrogens is 384 g/mol. The van der Waals surface area contributed by atoms with E-state index in [4.69, 9.17) is 0 Å². The Kier molecular flexibility index (Phi) is 10.0. The van der Waals surface area contributed by atoms with Gasteiger partial charge in [-0.25, -0.2) is 0 Å². The monoisotopic (exact) mass is 414 g/mol. The van der Waals surface area contributed by atoms with Gasteiger partial charge in [-0.3, -0.25) is 19.2 Å². The fraction of sp³-hybridized carbons (Fsp3) is 0.364. The van der Waals surface area contributed by atoms with Crippen LogP contribution < -0.4 is 16.2 Å². The molecular formula is C22H30N4O4. The lowest BCUT2D eigenvalue weighted by molar-refractivity contribution is -0.125. The summed E-state index contributed by atoms with van der Waals surface area (Å²) < 4.78 is 0. The number of hydrogen-bond donors (Lipinski definition) is 3. The van der Waals surface area contributed by atoms with Crippen LogP contribution in [0.5, 0.6) is 0 Å². The summed E-state index contributed by atoms with van der Waals surface area (Å²) in [7, 11) is 1.54. The van der Waals surface area contributed by atoms with E-state index in [9.17, 15) is 19.2 Å². The summed E-state index contributed by atoms with van der Waals surface area (Å²) in [6.45, 7) is 10.6. The number of carbonyl (C=O) groups is 3. The van der Waals surface area contributed by atoms with Gasteiger partial charge >= 0.3 is 0 Å². The predicted octanol–water partition coefficient (Wildman–Crippen LogP) is 1.52. The van der Waals surface area contributed by atoms with Crippen LogP contribution in [0.1, 0.15) is 36.7 Å². The summed E-state index contributed by atoms with van der Waals surface area (Å²) in [6.07, 6.45) is 9.50. The third-order valence-corrected chi connectivity index (χ3v) is 4.62. The average Bonchev–Trinajstić information content (AvgIpc) is 3.05. The van der Waals surface area contributed by atoms with E-state index in [-0.39, 0.29) is 23.3 Å². The number of carbonyl (C=O) groups excluding carboxylic acids is 3. The molecule has 0 aliphatic carbocycles. The van der Waals surface area contributed by atoms with Crippen molar-refractivity contribution in [2.45, 2.75) is 33.4 Å². The number of rotatable bonds is 8. The highest BCUT2D eigenvalue weighted by Crippen LogP contribution is 2.19. The van der Waals surface area contributed by atoms with E-state index in [1.165, 1.54) is 6.07 Å². The molecule has 8 nitrogen and oxygen atoms in total. The molecule has 1 aliphatic rings. The highest BCUT2D eigenvalue weighted by Gasteiger charge is 2.26. The number of amides is 3. The molecule has 2 rings (SSSR count). The second-order valence-corrected chi connectivity index (χ2v) is 6.80. The van der Waals surface area contributed by atoms with Crippen LogP contribution in [0.3, 0.4) is 0 Å². The van der Waals surface area contributed by atoms with Crippen molar-refractivity contribution in [3.63, 3.8) is 0 Å². The predicted molar refractivity (Wildman–Crippen MR) is 117 cm³/mol. The number of likely N-dealkylation sites (N-methyl/N-ethyl adjacent to an activating group) is 1. The lowest BCUT2D eigenvalue weighted by Gasteiger charge is -2.18. The average molecular weight is 415 g/mol. The highest BCUT2D eigenvalue weighted by atomic mass is 16.2. The first kappa shape index (κ1) is 24.6. The van der Waals surface area contributed by atoms with Crippen molar-refractivity contribution >= 4 is 18.2 Å². The Labute approximate surface area is 176 Å². The van der Waals surface area contributed by atoms with Crippen molar-refractivity contribution in [1.82, 2.24) is 20.5 Å². The topological polar surface area (TPSA) is 111 Å². The summed E-state index contributed by atoms with van der Waals surface area (Å²) in [5, 5.41) is 5.02. The standard InChI is InChI=1S/C13H20N2O2.C9H10N2O2/c1-5-6-10(2)7-8-11(3)12(15-9-16)13(17)14-4;1-2-11-5-6-4-10-8(12)3-7(6)9(11)13/h5-9,11-12H,1H2,2-4H3,(H,14,17)(H,15,16);3-4H,2,5H2,1H3,(H,10,12)/b8-7-,10-6-;. The number of fused-ring (bicyclic) bond motifs is 1. The number of allylic oxidation sites excluding steroid dienone is 4. The number of nitrogens with zero attached hydrogens (tertiary/aromatic N) is 1. The summed E-state index contributed by atoms with van der Waals surface area (Å²) >= 11 is 0. The summed E-state index contributed by atoms with van der Waals surface area (Å²) in [5.74, 6) is -0.337. The largest absolute Gasteiger partial charge is 0.357 e. The Bertz CT molecular complexity index is 885. The van der Waals surface area contributed by atoms with Crippen LogP contribution >= 0.6 is 0 Å². The van der Waals surface area contributed by atoms with Crippen LogP contribution in [0, 0.1) is 5.92 Å². The molecule has 1 aliphatic heterocycles. The van der Waals surface area contributed by atoms with E-state index in [0.29, 0.717) is 25.1 Å². The quantitative estimate of drug-likeness (QED) is 0.442. The van der Waals surface area contributed by atoms with Gasteiger partial charge in [0.25, 0.3) is 5.91 Å². The molecule has 0 radical (unpaired) electrons. The van der Waals surface area contributed by atoms with Gasteiger partial charge < -0.3 is 20.5 Å². The Morgan fingerprint density at radius 3 is 2.67 bits per heavy atom. The Morgan fingerprint density at radius 2 is 2.10 bits per heavy atom. The van der Waals surface area contributed by atoms with E-state index < -0.39 is 6.04 Å². The molecule has 162 valence electrons. The zero-order valence-corrected chi connectivity index (χ0v) is 17.9. The lowest BCUT2D eigenvalue weighted by Crippen LogP contribution is -2.46. The number of pyridine rings is 1. The van der Waals surface area contributed by atoms with Gasteiger partial charge in [0.2, 0.25) is 17.9 Å². The number of H-pyrrole nitrogens is 1. The van der Waals surface area contributed by atoms with E-state index in [1.807, 2.05) is 39.0 Å². The van der Waals surface area contributed by atoms with Gasteiger partial charge in [-0.2, -0.15) is 0 Å². The Morgan fingerprint density at radius 1 is 1.40 bits per heavy atom. The molecule has 1 aromatic rings. The molecule has 3 N–H and O–H groups in total. The van der Waals surface area contributed by atoms with Gasteiger partial charge in [-0.1, -0.05) is 43.4 Å². The van der Waals surface area contributed by atoms with Crippen LogP contribution in [-0.2, 0) is 16.1 Å². The van der Waals surface area contributed by atoms with E-state index >= 15 is 0 Å². The molecule has 0 spiro atoms. The van der Waals surface area contributed by atoms with Crippen molar-refractivity contribution in [2.75, 3.05) is 13.6 Å². The van der Waals surface area contributed by atoms with Crippen LogP contribution in [-0.4, -0.2) is 47.7 Å². The molecule has 2 heterocycles. The number of aromatic nitrogens is 1. The number of nitrogens with one attached hydrogen (secondary N) is 3. The summed E-state index contributed by atoms with van der Waals surface area (Å²) in [6, 6.07) is 0.818. The summed E-state index contributed by atoms with van der Waals surface area (Å²) in [4.78, 5) is 48.7. The minimum Gasteiger partial charge on any atom is -0.357 e. The zero-order valence-electron chi connectivity index (χ0n) is 17.9. The van der Waals surface area contributed by atoms with Crippen molar-refractivity contribution in [3.05, 3.63) is 70.2 Å². The van der Waals surface area contributed by atoms with Crippen LogP contribution in [0.4, 0.5) is 0 Å². The first-order chi connectivity index (χ1) is 14.3. The van der Waals surface area contributed by atoms with Crippen molar-refractivity contribution in [3.8, 4) is 0 Å². The van der Waals surface area contributed by atoms with Gasteiger partial charge in [0.05, 0.1) is 5.56 Å². The smallest absolute Gasteiger partial charge is 0.254 e. The highest BCUT2D eigenvalue weighted by molar-refractivity contribution is 5.98. The zero-order chi connectivity index (χ0) is 22.7. The molecule has 0 saturated carbocycles. The second kappa shape index (κ2) is 12.2. The fourth-order valence-corrected chi connectivity index (χ4v) is 2.89. The minimum absolute atomic E-state index is 0.0383. The van der Waals surface area contributed by atoms with Crippen molar-refractivity contribution < 1.29 is 14.4 Å². The molecule has 3 amide bonds. The van der Waals surface area contributed by atoms with Crippen molar-refractivity contribution in [2.24, 2.45) is 5.92 Å². The lowest BCUT2D eigenvalue weighted by atomic mass is 10.00. The van der Waals surface area contributed by atoms with Crippen LogP contribution in [0.25, 0.3) is 0 Å². The van der Waals surface area contributed by atoms with Gasteiger partial charge in [-0.15, -0.1) is 0 Å². The maximum Gasteiger partial charge on any atom is 0.254 e. The number of aromatic amines is 1. The maximum absolute atomic E-state index is 11.6. The molecule has 0 aromatic carbocycles. The molecule has 30 heavy (non-hydrogen) atoms. The van der Waals surface area contributed by atoms with E-state index in [0.717, 1.165) is 11.1 Å². The molecule has 0 saturated heterocycles. The molecule has 2 unspecified atom stereocenters. The normalized spacial score (nSPS) is 15.0. The number of hydrogen-bond acceptors (Lipinski definition) is 4. The molecule has 0 fully saturated rings. The Hall–Kier alpha value is -3.42. The van der Waals surface area contributed by atoms with Gasteiger partial charge in [0, 0.05) is 43.9 Å². The molecule has 1 aromatic heterocycles. The minimum atomic E-state index is -0.551. The SMILES string of the molecule is C=C/C=C(C)\C=C/C(C)C(NC=O)C(=O)NC.CCN1Cc2c[nH]c(=O)cc2C1=O. The Balaban J connectivity index is 0.000000308.